The van der Waals surface area contributed by atoms with Gasteiger partial charge in [-0.15, -0.1) is 0 Å². The summed E-state index contributed by atoms with van der Waals surface area (Å²) in [6.07, 6.45) is 3.29. The minimum atomic E-state index is -0.310. The summed E-state index contributed by atoms with van der Waals surface area (Å²) >= 11 is 0. The molecule has 4 nitrogen and oxygen atoms in total. The molecule has 2 aromatic rings. The Kier molecular flexibility index (Phi) is 3.28. The zero-order chi connectivity index (χ0) is 13.1. The Morgan fingerprint density at radius 2 is 1.83 bits per heavy atom. The van der Waals surface area contributed by atoms with Crippen molar-refractivity contribution in [3.63, 3.8) is 0 Å². The van der Waals surface area contributed by atoms with Gasteiger partial charge in [0, 0.05) is 19.3 Å². The maximum atomic E-state index is 11.8. The second kappa shape index (κ2) is 4.87. The van der Waals surface area contributed by atoms with Gasteiger partial charge < -0.3 is 0 Å². The maximum Gasteiger partial charge on any atom is 0.331 e. The van der Waals surface area contributed by atoms with Crippen molar-refractivity contribution in [2.45, 2.75) is 6.54 Å². The van der Waals surface area contributed by atoms with Crippen LogP contribution in [0.5, 0.6) is 0 Å². The van der Waals surface area contributed by atoms with Crippen molar-refractivity contribution in [2.75, 3.05) is 0 Å². The van der Waals surface area contributed by atoms with E-state index >= 15 is 0 Å². The van der Waals surface area contributed by atoms with Crippen LogP contribution in [0.15, 0.2) is 52.7 Å². The van der Waals surface area contributed by atoms with E-state index in [9.17, 15) is 9.59 Å². The number of hydrogen-bond acceptors (Lipinski definition) is 2. The third-order valence-corrected chi connectivity index (χ3v) is 2.83. The van der Waals surface area contributed by atoms with E-state index in [2.05, 4.69) is 6.58 Å². The molecule has 0 amide bonds. The van der Waals surface area contributed by atoms with Gasteiger partial charge in [-0.05, 0) is 11.1 Å². The van der Waals surface area contributed by atoms with Crippen LogP contribution in [0.2, 0.25) is 0 Å². The number of rotatable bonds is 3. The van der Waals surface area contributed by atoms with E-state index in [0.29, 0.717) is 6.54 Å². The highest BCUT2D eigenvalue weighted by atomic mass is 16.2. The van der Waals surface area contributed by atoms with Gasteiger partial charge in [-0.2, -0.15) is 0 Å². The fraction of sp³-hybridized carbons (Fsp3) is 0.143. The van der Waals surface area contributed by atoms with Gasteiger partial charge >= 0.3 is 5.69 Å². The van der Waals surface area contributed by atoms with E-state index in [-0.39, 0.29) is 11.2 Å². The Bertz CT molecular complexity index is 678. The number of nitrogens with zero attached hydrogens (tertiary/aromatic N) is 2. The van der Waals surface area contributed by atoms with Crippen LogP contribution in [-0.4, -0.2) is 9.13 Å². The highest BCUT2D eigenvalue weighted by Gasteiger charge is 2.01. The quantitative estimate of drug-likeness (QED) is 0.812. The second-order valence-electron chi connectivity index (χ2n) is 4.07. The van der Waals surface area contributed by atoms with Gasteiger partial charge in [-0.1, -0.05) is 36.9 Å². The predicted molar refractivity (Wildman–Crippen MR) is 71.6 cm³/mol. The number of aromatic nitrogens is 2. The standard InChI is InChI=1S/C14H14N2O2/c1-3-11-4-6-12(7-5-11)10-16-9-8-13(17)15(2)14(16)18/h3-9H,1,10H2,2H3. The molecule has 0 fully saturated rings. The first-order chi connectivity index (χ1) is 8.61. The molecular weight excluding hydrogens is 228 g/mol. The van der Waals surface area contributed by atoms with E-state index < -0.39 is 0 Å². The zero-order valence-corrected chi connectivity index (χ0v) is 10.2. The second-order valence-corrected chi connectivity index (χ2v) is 4.07. The molecule has 1 aromatic heterocycles. The minimum Gasteiger partial charge on any atom is -0.296 e. The lowest BCUT2D eigenvalue weighted by atomic mass is 10.1. The van der Waals surface area contributed by atoms with Crippen LogP contribution in [-0.2, 0) is 13.6 Å². The SMILES string of the molecule is C=Cc1ccc(Cn2ccc(=O)n(C)c2=O)cc1. The summed E-state index contributed by atoms with van der Waals surface area (Å²) in [6.45, 7) is 4.14. The molecule has 0 N–H and O–H groups in total. The summed E-state index contributed by atoms with van der Waals surface area (Å²) in [6, 6.07) is 9.15. The first-order valence-electron chi connectivity index (χ1n) is 5.59. The minimum absolute atomic E-state index is 0.293. The smallest absolute Gasteiger partial charge is 0.296 e. The lowest BCUT2D eigenvalue weighted by Crippen LogP contribution is -2.37. The predicted octanol–water partition coefficient (Wildman–Crippen LogP) is 1.24. The molecule has 0 spiro atoms. The Hall–Kier alpha value is -2.36. The molecule has 2 rings (SSSR count). The normalized spacial score (nSPS) is 10.3. The highest BCUT2D eigenvalue weighted by molar-refractivity contribution is 5.47. The van der Waals surface area contributed by atoms with Gasteiger partial charge in [0.05, 0.1) is 6.54 Å². The molecule has 0 unspecified atom stereocenters. The van der Waals surface area contributed by atoms with Crippen LogP contribution >= 0.6 is 0 Å². The van der Waals surface area contributed by atoms with Gasteiger partial charge in [0.1, 0.15) is 0 Å². The van der Waals surface area contributed by atoms with Gasteiger partial charge in [0.25, 0.3) is 5.56 Å². The Morgan fingerprint density at radius 3 is 2.44 bits per heavy atom. The van der Waals surface area contributed by atoms with E-state index in [0.717, 1.165) is 15.7 Å². The van der Waals surface area contributed by atoms with Crippen molar-refractivity contribution in [2.24, 2.45) is 7.05 Å². The fourth-order valence-electron chi connectivity index (χ4n) is 1.69. The van der Waals surface area contributed by atoms with Crippen LogP contribution in [0, 0.1) is 0 Å². The van der Waals surface area contributed by atoms with Gasteiger partial charge in [-0.25, -0.2) is 4.79 Å². The van der Waals surface area contributed by atoms with Crippen LogP contribution in [0.1, 0.15) is 11.1 Å². The summed E-state index contributed by atoms with van der Waals surface area (Å²) in [5.41, 5.74) is 1.43. The number of benzene rings is 1. The molecule has 0 saturated carbocycles. The third-order valence-electron chi connectivity index (χ3n) is 2.83. The molecule has 0 saturated heterocycles. The lowest BCUT2D eigenvalue weighted by molar-refractivity contribution is 0.645. The van der Waals surface area contributed by atoms with Crippen molar-refractivity contribution in [1.82, 2.24) is 9.13 Å². The van der Waals surface area contributed by atoms with Crippen molar-refractivity contribution in [1.29, 1.82) is 0 Å². The highest BCUT2D eigenvalue weighted by Crippen LogP contribution is 2.06. The van der Waals surface area contributed by atoms with E-state index in [1.807, 2.05) is 24.3 Å². The van der Waals surface area contributed by atoms with Crippen molar-refractivity contribution >= 4 is 6.08 Å². The molecule has 0 bridgehead atoms. The van der Waals surface area contributed by atoms with Crippen molar-refractivity contribution in [3.8, 4) is 0 Å². The van der Waals surface area contributed by atoms with Gasteiger partial charge in [-0.3, -0.25) is 13.9 Å². The molecule has 4 heteroatoms. The molecule has 92 valence electrons. The summed E-state index contributed by atoms with van der Waals surface area (Å²) in [4.78, 5) is 23.1. The Morgan fingerprint density at radius 1 is 1.17 bits per heavy atom. The third kappa shape index (κ3) is 2.32. The molecule has 1 heterocycles. The molecule has 0 atom stereocenters. The largest absolute Gasteiger partial charge is 0.331 e. The molecule has 0 radical (unpaired) electrons. The van der Waals surface area contributed by atoms with Crippen LogP contribution in [0.25, 0.3) is 6.08 Å². The van der Waals surface area contributed by atoms with Gasteiger partial charge in [0.2, 0.25) is 0 Å². The lowest BCUT2D eigenvalue weighted by Gasteiger charge is -2.07. The number of hydrogen-bond donors (Lipinski definition) is 0. The van der Waals surface area contributed by atoms with Crippen molar-refractivity contribution < 1.29 is 0 Å². The fourth-order valence-corrected chi connectivity index (χ4v) is 1.69. The van der Waals surface area contributed by atoms with Gasteiger partial charge in [0.15, 0.2) is 0 Å². The molecule has 0 aliphatic carbocycles. The summed E-state index contributed by atoms with van der Waals surface area (Å²) in [5.74, 6) is 0. The maximum absolute atomic E-state index is 11.8. The summed E-state index contributed by atoms with van der Waals surface area (Å²) in [5, 5.41) is 0. The summed E-state index contributed by atoms with van der Waals surface area (Å²) < 4.78 is 2.60. The van der Waals surface area contributed by atoms with Crippen LogP contribution in [0.4, 0.5) is 0 Å². The van der Waals surface area contributed by atoms with E-state index in [1.165, 1.54) is 23.9 Å². The average molecular weight is 242 g/mol. The van der Waals surface area contributed by atoms with Crippen LogP contribution < -0.4 is 11.2 Å². The first kappa shape index (κ1) is 12.1. The van der Waals surface area contributed by atoms with E-state index in [1.54, 1.807) is 6.08 Å². The molecule has 18 heavy (non-hydrogen) atoms. The summed E-state index contributed by atoms with van der Waals surface area (Å²) in [7, 11) is 1.47. The average Bonchev–Trinajstić information content (AvgIpc) is 2.40. The van der Waals surface area contributed by atoms with Crippen LogP contribution in [0.3, 0.4) is 0 Å². The van der Waals surface area contributed by atoms with Crippen molar-refractivity contribution in [3.05, 3.63) is 75.1 Å². The molecule has 0 aliphatic rings. The Balaban J connectivity index is 2.34. The molecule has 0 aliphatic heterocycles. The first-order valence-corrected chi connectivity index (χ1v) is 5.59. The van der Waals surface area contributed by atoms with E-state index in [4.69, 9.17) is 0 Å². The zero-order valence-electron chi connectivity index (χ0n) is 10.2. The molecular formula is C14H14N2O2. The topological polar surface area (TPSA) is 44.0 Å². The monoisotopic (exact) mass is 242 g/mol. The Labute approximate surface area is 104 Å². The molecule has 1 aromatic carbocycles.